The van der Waals surface area contributed by atoms with Gasteiger partial charge in [0.2, 0.25) is 0 Å². The van der Waals surface area contributed by atoms with E-state index >= 15 is 0 Å². The molecule has 5 heteroatoms. The topological polar surface area (TPSA) is 61.8 Å². The molecule has 0 atom stereocenters. The van der Waals surface area contributed by atoms with Crippen LogP contribution in [0.25, 0.3) is 0 Å². The molecule has 0 aliphatic heterocycles. The first kappa shape index (κ1) is 12.4. The minimum absolute atomic E-state index is 0.00608. The maximum atomic E-state index is 13.2. The summed E-state index contributed by atoms with van der Waals surface area (Å²) in [7, 11) is 0. The number of rotatable bonds is 2. The Kier molecular flexibility index (Phi) is 3.49. The van der Waals surface area contributed by atoms with Gasteiger partial charge in [-0.1, -0.05) is 0 Å². The van der Waals surface area contributed by atoms with Gasteiger partial charge in [-0.05, 0) is 52.3 Å². The van der Waals surface area contributed by atoms with Crippen LogP contribution in [0.15, 0.2) is 40.9 Å². The number of nitrogen functional groups attached to an aromatic ring is 1. The van der Waals surface area contributed by atoms with Crippen LogP contribution in [-0.2, 0) is 0 Å². The Morgan fingerprint density at radius 2 is 2.00 bits per heavy atom. The van der Waals surface area contributed by atoms with E-state index in [0.29, 0.717) is 11.4 Å². The van der Waals surface area contributed by atoms with E-state index in [9.17, 15) is 4.39 Å². The van der Waals surface area contributed by atoms with Crippen LogP contribution in [-0.4, -0.2) is 0 Å². The van der Waals surface area contributed by atoms with Crippen molar-refractivity contribution in [2.45, 2.75) is 0 Å². The van der Waals surface area contributed by atoms with Crippen molar-refractivity contribution in [3.63, 3.8) is 0 Å². The van der Waals surface area contributed by atoms with Crippen molar-refractivity contribution < 1.29 is 4.39 Å². The molecule has 0 bridgehead atoms. The number of nitriles is 1. The number of benzene rings is 2. The molecule has 0 aromatic heterocycles. The van der Waals surface area contributed by atoms with Crippen LogP contribution in [0, 0.1) is 17.1 Å². The molecular weight excluding hydrogens is 297 g/mol. The lowest BCUT2D eigenvalue weighted by molar-refractivity contribution is 0.624. The van der Waals surface area contributed by atoms with Crippen LogP contribution in [0.2, 0.25) is 0 Å². The Balaban J connectivity index is 2.32. The van der Waals surface area contributed by atoms with Gasteiger partial charge in [0.1, 0.15) is 11.9 Å². The lowest BCUT2D eigenvalue weighted by Gasteiger charge is -2.09. The summed E-state index contributed by atoms with van der Waals surface area (Å²) in [5, 5.41) is 11.8. The van der Waals surface area contributed by atoms with E-state index in [0.717, 1.165) is 10.2 Å². The highest BCUT2D eigenvalue weighted by molar-refractivity contribution is 9.10. The van der Waals surface area contributed by atoms with Crippen LogP contribution in [0.3, 0.4) is 0 Å². The Morgan fingerprint density at radius 3 is 2.67 bits per heavy atom. The smallest absolute Gasteiger partial charge is 0.141 e. The molecule has 18 heavy (non-hydrogen) atoms. The van der Waals surface area contributed by atoms with Crippen LogP contribution >= 0.6 is 15.9 Å². The standard InChI is InChI=1S/C13H9BrFN3/c14-11-6-9(17)1-4-13(11)18-10-2-3-12(15)8(5-10)7-16/h1-6,18H,17H2. The molecule has 0 amide bonds. The quantitative estimate of drug-likeness (QED) is 0.830. The second-order valence-electron chi connectivity index (χ2n) is 3.67. The summed E-state index contributed by atoms with van der Waals surface area (Å²) in [6.45, 7) is 0. The van der Waals surface area contributed by atoms with Crippen molar-refractivity contribution >= 4 is 33.0 Å². The molecule has 2 rings (SSSR count). The van der Waals surface area contributed by atoms with E-state index in [2.05, 4.69) is 21.2 Å². The molecule has 0 heterocycles. The molecule has 3 nitrogen and oxygen atoms in total. The number of anilines is 3. The molecule has 2 aromatic rings. The summed E-state index contributed by atoms with van der Waals surface area (Å²) in [4.78, 5) is 0. The van der Waals surface area contributed by atoms with Gasteiger partial charge in [-0.3, -0.25) is 0 Å². The van der Waals surface area contributed by atoms with E-state index in [4.69, 9.17) is 11.0 Å². The number of hydrogen-bond acceptors (Lipinski definition) is 3. The van der Waals surface area contributed by atoms with Gasteiger partial charge in [0.15, 0.2) is 0 Å². The minimum Gasteiger partial charge on any atom is -0.399 e. The Labute approximate surface area is 112 Å². The number of nitrogens with two attached hydrogens (primary N) is 1. The Morgan fingerprint density at radius 1 is 1.22 bits per heavy atom. The molecule has 0 aliphatic rings. The van der Waals surface area contributed by atoms with Gasteiger partial charge in [-0.25, -0.2) is 4.39 Å². The summed E-state index contributed by atoms with van der Waals surface area (Å²) in [6.07, 6.45) is 0. The second-order valence-corrected chi connectivity index (χ2v) is 4.53. The van der Waals surface area contributed by atoms with Crippen molar-refractivity contribution in [2.24, 2.45) is 0 Å². The highest BCUT2D eigenvalue weighted by Crippen LogP contribution is 2.28. The lowest BCUT2D eigenvalue weighted by atomic mass is 10.2. The number of nitrogens with one attached hydrogen (secondary N) is 1. The minimum atomic E-state index is -0.528. The summed E-state index contributed by atoms with van der Waals surface area (Å²) in [6, 6.07) is 11.4. The highest BCUT2D eigenvalue weighted by atomic mass is 79.9. The maximum absolute atomic E-state index is 13.2. The fraction of sp³-hybridized carbons (Fsp3) is 0. The predicted molar refractivity (Wildman–Crippen MR) is 73.0 cm³/mol. The average molecular weight is 306 g/mol. The van der Waals surface area contributed by atoms with E-state index in [-0.39, 0.29) is 5.56 Å². The third-order valence-electron chi connectivity index (χ3n) is 2.36. The summed E-state index contributed by atoms with van der Waals surface area (Å²) in [5.41, 5.74) is 7.71. The normalized spacial score (nSPS) is 9.83. The van der Waals surface area contributed by atoms with E-state index < -0.39 is 5.82 Å². The SMILES string of the molecule is N#Cc1cc(Nc2ccc(N)cc2Br)ccc1F. The molecule has 0 saturated heterocycles. The van der Waals surface area contributed by atoms with Crippen molar-refractivity contribution in [2.75, 3.05) is 11.1 Å². The molecule has 0 saturated carbocycles. The summed E-state index contributed by atoms with van der Waals surface area (Å²) < 4.78 is 14.0. The zero-order chi connectivity index (χ0) is 13.1. The largest absolute Gasteiger partial charge is 0.399 e. The fourth-order valence-electron chi connectivity index (χ4n) is 1.48. The third-order valence-corrected chi connectivity index (χ3v) is 3.02. The summed E-state index contributed by atoms with van der Waals surface area (Å²) in [5.74, 6) is -0.528. The first-order chi connectivity index (χ1) is 8.60. The third kappa shape index (κ3) is 2.60. The molecular formula is C13H9BrFN3. The Hall–Kier alpha value is -2.06. The molecule has 0 unspecified atom stereocenters. The second kappa shape index (κ2) is 5.07. The average Bonchev–Trinajstić information content (AvgIpc) is 2.35. The predicted octanol–water partition coefficient (Wildman–Crippen LogP) is 3.79. The van der Waals surface area contributed by atoms with Crippen LogP contribution < -0.4 is 11.1 Å². The lowest BCUT2D eigenvalue weighted by Crippen LogP contribution is -1.94. The number of nitrogens with zero attached hydrogens (tertiary/aromatic N) is 1. The maximum Gasteiger partial charge on any atom is 0.141 e. The van der Waals surface area contributed by atoms with E-state index in [1.54, 1.807) is 30.3 Å². The zero-order valence-corrected chi connectivity index (χ0v) is 10.8. The molecule has 0 fully saturated rings. The first-order valence-electron chi connectivity index (χ1n) is 5.12. The van der Waals surface area contributed by atoms with E-state index in [1.807, 2.05) is 0 Å². The number of hydrogen-bond donors (Lipinski definition) is 2. The van der Waals surface area contributed by atoms with Gasteiger partial charge in [-0.2, -0.15) is 5.26 Å². The van der Waals surface area contributed by atoms with Gasteiger partial charge in [0, 0.05) is 15.8 Å². The molecule has 0 spiro atoms. The van der Waals surface area contributed by atoms with Crippen molar-refractivity contribution in [3.05, 3.63) is 52.3 Å². The van der Waals surface area contributed by atoms with Gasteiger partial charge in [0.25, 0.3) is 0 Å². The van der Waals surface area contributed by atoms with E-state index in [1.165, 1.54) is 12.1 Å². The molecule has 90 valence electrons. The zero-order valence-electron chi connectivity index (χ0n) is 9.24. The number of halogens is 2. The van der Waals surface area contributed by atoms with Gasteiger partial charge < -0.3 is 11.1 Å². The first-order valence-corrected chi connectivity index (χ1v) is 5.91. The van der Waals surface area contributed by atoms with Crippen molar-refractivity contribution in [1.82, 2.24) is 0 Å². The molecule has 3 N–H and O–H groups in total. The van der Waals surface area contributed by atoms with Crippen molar-refractivity contribution in [1.29, 1.82) is 5.26 Å². The summed E-state index contributed by atoms with van der Waals surface area (Å²) >= 11 is 3.37. The Bertz CT molecular complexity index is 635. The van der Waals surface area contributed by atoms with Gasteiger partial charge in [0.05, 0.1) is 11.3 Å². The van der Waals surface area contributed by atoms with Gasteiger partial charge >= 0.3 is 0 Å². The molecule has 2 aromatic carbocycles. The van der Waals surface area contributed by atoms with Crippen LogP contribution in [0.1, 0.15) is 5.56 Å². The van der Waals surface area contributed by atoms with Crippen LogP contribution in [0.4, 0.5) is 21.5 Å². The van der Waals surface area contributed by atoms with Crippen molar-refractivity contribution in [3.8, 4) is 6.07 Å². The highest BCUT2D eigenvalue weighted by Gasteiger charge is 2.05. The molecule has 0 radical (unpaired) electrons. The monoisotopic (exact) mass is 305 g/mol. The van der Waals surface area contributed by atoms with Gasteiger partial charge in [-0.15, -0.1) is 0 Å². The fourth-order valence-corrected chi connectivity index (χ4v) is 1.97. The van der Waals surface area contributed by atoms with Crippen LogP contribution in [0.5, 0.6) is 0 Å². The molecule has 0 aliphatic carbocycles.